The Morgan fingerprint density at radius 2 is 1.76 bits per heavy atom. The summed E-state index contributed by atoms with van der Waals surface area (Å²) in [7, 11) is 0. The van der Waals surface area contributed by atoms with Crippen LogP contribution in [-0.4, -0.2) is 29.8 Å². The number of likely N-dealkylation sites (tertiary alicyclic amines) is 1. The van der Waals surface area contributed by atoms with E-state index < -0.39 is 0 Å². The fraction of sp³-hybridized carbons (Fsp3) is 0.409. The van der Waals surface area contributed by atoms with E-state index in [1.807, 2.05) is 6.07 Å². The van der Waals surface area contributed by atoms with Gasteiger partial charge in [0.2, 0.25) is 0 Å². The molecular weight excluding hydrogens is 313 g/mol. The zero-order valence-electron chi connectivity index (χ0n) is 14.7. The van der Waals surface area contributed by atoms with E-state index in [0.717, 1.165) is 51.6 Å². The van der Waals surface area contributed by atoms with Crippen molar-refractivity contribution in [2.45, 2.75) is 44.6 Å². The molecule has 1 aliphatic rings. The van der Waals surface area contributed by atoms with Gasteiger partial charge in [0.05, 0.1) is 6.04 Å². The van der Waals surface area contributed by atoms with Crippen molar-refractivity contribution in [3.63, 3.8) is 0 Å². The molecule has 25 heavy (non-hydrogen) atoms. The Balaban J connectivity index is 1.53. The minimum Gasteiger partial charge on any atom is -0.293 e. The normalized spacial score (nSPS) is 18.2. The van der Waals surface area contributed by atoms with E-state index in [2.05, 4.69) is 29.2 Å². The molecule has 1 saturated heterocycles. The van der Waals surface area contributed by atoms with Crippen LogP contribution < -0.4 is 0 Å². The van der Waals surface area contributed by atoms with Gasteiger partial charge in [0, 0.05) is 5.56 Å². The van der Waals surface area contributed by atoms with Crippen LogP contribution in [0.25, 0.3) is 0 Å². The monoisotopic (exact) mass is 339 g/mol. The predicted octanol–water partition coefficient (Wildman–Crippen LogP) is 4.89. The number of Topliss-reactive ketones (excluding diaryl/α,β-unsaturated/α-hetero) is 1. The van der Waals surface area contributed by atoms with Crippen molar-refractivity contribution in [3.05, 3.63) is 71.5 Å². The maximum atomic E-state index is 13.1. The number of nitrogens with zero attached hydrogens (tertiary/aromatic N) is 1. The van der Waals surface area contributed by atoms with Crippen LogP contribution in [0.1, 0.15) is 48.0 Å². The first kappa shape index (κ1) is 17.8. The van der Waals surface area contributed by atoms with Crippen molar-refractivity contribution in [1.29, 1.82) is 0 Å². The fourth-order valence-corrected chi connectivity index (χ4v) is 3.65. The van der Waals surface area contributed by atoms with Gasteiger partial charge in [-0.2, -0.15) is 0 Å². The van der Waals surface area contributed by atoms with Crippen LogP contribution in [0.2, 0.25) is 0 Å². The summed E-state index contributed by atoms with van der Waals surface area (Å²) in [6.45, 7) is 1.95. The molecule has 0 bridgehead atoms. The highest BCUT2D eigenvalue weighted by Gasteiger charge is 2.28. The number of carbonyl (C=O) groups is 1. The summed E-state index contributed by atoms with van der Waals surface area (Å²) in [6.07, 6.45) is 6.49. The number of rotatable bonds is 7. The molecule has 0 spiro atoms. The van der Waals surface area contributed by atoms with Crippen LogP contribution in [0.5, 0.6) is 0 Å². The lowest BCUT2D eigenvalue weighted by molar-refractivity contribution is 0.0742. The van der Waals surface area contributed by atoms with Crippen molar-refractivity contribution in [2.75, 3.05) is 13.1 Å². The SMILES string of the molecule is O=C(c1ccc(F)cc1)C1CCCCN1CCCCc1ccccc1. The molecule has 0 saturated carbocycles. The highest BCUT2D eigenvalue weighted by molar-refractivity contribution is 6.00. The van der Waals surface area contributed by atoms with Crippen molar-refractivity contribution >= 4 is 5.78 Å². The topological polar surface area (TPSA) is 20.3 Å². The lowest BCUT2D eigenvalue weighted by Crippen LogP contribution is -2.45. The molecule has 132 valence electrons. The van der Waals surface area contributed by atoms with Gasteiger partial charge in [-0.1, -0.05) is 36.8 Å². The highest BCUT2D eigenvalue weighted by atomic mass is 19.1. The molecule has 0 aliphatic carbocycles. The molecular formula is C22H26FNO. The number of piperidine rings is 1. The number of carbonyl (C=O) groups excluding carboxylic acids is 1. The Bertz CT molecular complexity index is 668. The average molecular weight is 339 g/mol. The van der Waals surface area contributed by atoms with Gasteiger partial charge in [0.1, 0.15) is 5.82 Å². The standard InChI is InChI=1S/C22H26FNO/c23-20-14-12-19(13-15-20)22(25)21-11-5-7-17-24(21)16-6-4-10-18-8-2-1-3-9-18/h1-3,8-9,12-15,21H,4-7,10-11,16-17H2. The largest absolute Gasteiger partial charge is 0.293 e. The van der Waals surface area contributed by atoms with Gasteiger partial charge in [-0.3, -0.25) is 9.69 Å². The van der Waals surface area contributed by atoms with Gasteiger partial charge in [0.15, 0.2) is 5.78 Å². The first-order valence-corrected chi connectivity index (χ1v) is 9.32. The van der Waals surface area contributed by atoms with Crippen LogP contribution in [0.4, 0.5) is 4.39 Å². The summed E-state index contributed by atoms with van der Waals surface area (Å²) in [5, 5.41) is 0. The third kappa shape index (κ3) is 4.99. The summed E-state index contributed by atoms with van der Waals surface area (Å²) in [5.74, 6) is -0.152. The Labute approximate surface area is 149 Å². The van der Waals surface area contributed by atoms with Crippen LogP contribution in [0.3, 0.4) is 0 Å². The van der Waals surface area contributed by atoms with Crippen molar-refractivity contribution in [2.24, 2.45) is 0 Å². The van der Waals surface area contributed by atoms with Gasteiger partial charge >= 0.3 is 0 Å². The van der Waals surface area contributed by atoms with Crippen LogP contribution in [-0.2, 0) is 6.42 Å². The van der Waals surface area contributed by atoms with Crippen LogP contribution in [0, 0.1) is 5.82 Å². The quantitative estimate of drug-likeness (QED) is 0.529. The molecule has 2 aromatic rings. The van der Waals surface area contributed by atoms with Crippen molar-refractivity contribution in [3.8, 4) is 0 Å². The number of hydrogen-bond acceptors (Lipinski definition) is 2. The minimum atomic E-state index is -0.294. The lowest BCUT2D eigenvalue weighted by atomic mass is 9.94. The summed E-state index contributed by atoms with van der Waals surface area (Å²) >= 11 is 0. The van der Waals surface area contributed by atoms with E-state index in [0.29, 0.717) is 5.56 Å². The predicted molar refractivity (Wildman–Crippen MR) is 99.3 cm³/mol. The summed E-state index contributed by atoms with van der Waals surface area (Å²) in [4.78, 5) is 15.1. The van der Waals surface area contributed by atoms with Crippen LogP contribution in [0.15, 0.2) is 54.6 Å². The van der Waals surface area contributed by atoms with Gasteiger partial charge in [-0.25, -0.2) is 4.39 Å². The molecule has 1 fully saturated rings. The summed E-state index contributed by atoms with van der Waals surface area (Å²) in [5.41, 5.74) is 2.00. The first-order valence-electron chi connectivity index (χ1n) is 9.32. The fourth-order valence-electron chi connectivity index (χ4n) is 3.65. The second kappa shape index (κ2) is 8.91. The van der Waals surface area contributed by atoms with E-state index >= 15 is 0 Å². The third-order valence-corrected chi connectivity index (χ3v) is 5.05. The lowest BCUT2D eigenvalue weighted by Gasteiger charge is -2.34. The Kier molecular flexibility index (Phi) is 6.35. The number of halogens is 1. The number of benzene rings is 2. The van der Waals surface area contributed by atoms with E-state index in [1.165, 1.54) is 17.7 Å². The zero-order valence-corrected chi connectivity index (χ0v) is 14.7. The van der Waals surface area contributed by atoms with Gasteiger partial charge in [0.25, 0.3) is 0 Å². The van der Waals surface area contributed by atoms with E-state index in [4.69, 9.17) is 0 Å². The molecule has 2 nitrogen and oxygen atoms in total. The zero-order chi connectivity index (χ0) is 17.5. The molecule has 0 radical (unpaired) electrons. The van der Waals surface area contributed by atoms with Gasteiger partial charge in [-0.05, 0) is 75.0 Å². The number of hydrogen-bond donors (Lipinski definition) is 0. The van der Waals surface area contributed by atoms with Gasteiger partial charge < -0.3 is 0 Å². The number of unbranched alkanes of at least 4 members (excludes halogenated alkanes) is 1. The Morgan fingerprint density at radius 3 is 2.52 bits per heavy atom. The van der Waals surface area contributed by atoms with E-state index in [9.17, 15) is 9.18 Å². The van der Waals surface area contributed by atoms with Crippen molar-refractivity contribution < 1.29 is 9.18 Å². The molecule has 1 atom stereocenters. The molecule has 1 unspecified atom stereocenters. The maximum absolute atomic E-state index is 13.1. The molecule has 0 aromatic heterocycles. The number of aryl methyl sites for hydroxylation is 1. The van der Waals surface area contributed by atoms with Crippen molar-refractivity contribution in [1.82, 2.24) is 4.90 Å². The molecule has 1 heterocycles. The Hall–Kier alpha value is -2.00. The molecule has 0 amide bonds. The van der Waals surface area contributed by atoms with Crippen LogP contribution >= 0.6 is 0 Å². The number of ketones is 1. The first-order chi connectivity index (χ1) is 12.2. The molecule has 1 aliphatic heterocycles. The second-order valence-corrected chi connectivity index (χ2v) is 6.86. The minimum absolute atomic E-state index is 0.0454. The third-order valence-electron chi connectivity index (χ3n) is 5.05. The molecule has 3 heteroatoms. The highest BCUT2D eigenvalue weighted by Crippen LogP contribution is 2.22. The van der Waals surface area contributed by atoms with E-state index in [1.54, 1.807) is 12.1 Å². The Morgan fingerprint density at radius 1 is 1.00 bits per heavy atom. The summed E-state index contributed by atoms with van der Waals surface area (Å²) < 4.78 is 13.1. The van der Waals surface area contributed by atoms with E-state index in [-0.39, 0.29) is 17.6 Å². The smallest absolute Gasteiger partial charge is 0.179 e. The average Bonchev–Trinajstić information content (AvgIpc) is 2.66. The second-order valence-electron chi connectivity index (χ2n) is 6.86. The summed E-state index contributed by atoms with van der Waals surface area (Å²) in [6, 6.07) is 16.5. The van der Waals surface area contributed by atoms with Gasteiger partial charge in [-0.15, -0.1) is 0 Å². The molecule has 3 rings (SSSR count). The molecule has 2 aromatic carbocycles. The molecule has 0 N–H and O–H groups in total. The maximum Gasteiger partial charge on any atom is 0.179 e.